The van der Waals surface area contributed by atoms with E-state index in [0.29, 0.717) is 0 Å². The predicted molar refractivity (Wildman–Crippen MR) is 106 cm³/mol. The minimum absolute atomic E-state index is 0.720. The summed E-state index contributed by atoms with van der Waals surface area (Å²) < 4.78 is 0. The van der Waals surface area contributed by atoms with Gasteiger partial charge in [0.15, 0.2) is 5.96 Å². The first-order valence-electron chi connectivity index (χ1n) is 9.04. The summed E-state index contributed by atoms with van der Waals surface area (Å²) in [4.78, 5) is 8.63. The van der Waals surface area contributed by atoms with Crippen LogP contribution in [0.3, 0.4) is 0 Å². The number of thioether (sulfide) groups is 1. The predicted octanol–water partition coefficient (Wildman–Crippen LogP) is 3.11. The van der Waals surface area contributed by atoms with Crippen LogP contribution in [0.4, 0.5) is 0 Å². The lowest BCUT2D eigenvalue weighted by Crippen LogP contribution is -2.40. The van der Waals surface area contributed by atoms with Gasteiger partial charge in [0.25, 0.3) is 0 Å². The molecule has 0 saturated carbocycles. The molecule has 0 radical (unpaired) electrons. The van der Waals surface area contributed by atoms with E-state index in [1.807, 2.05) is 0 Å². The normalized spacial score (nSPS) is 18.8. The number of hydrogen-bond donors (Lipinski definition) is 2. The van der Waals surface area contributed by atoms with Gasteiger partial charge in [-0.25, -0.2) is 4.99 Å². The third-order valence-electron chi connectivity index (χ3n) is 4.57. The number of benzene rings is 1. The van der Waals surface area contributed by atoms with Gasteiger partial charge in [0, 0.05) is 24.5 Å². The van der Waals surface area contributed by atoms with Gasteiger partial charge in [-0.15, -0.1) is 11.8 Å². The lowest BCUT2D eigenvalue weighted by molar-refractivity contribution is 0.342. The van der Waals surface area contributed by atoms with Crippen LogP contribution in [0.15, 0.2) is 28.1 Å². The SMILES string of the molecule is CCNC(=NCc1ccc(C)cc1SC)NCC1CCN(CC)C1. The average molecular weight is 349 g/mol. The Morgan fingerprint density at radius 1 is 1.33 bits per heavy atom. The van der Waals surface area contributed by atoms with E-state index in [1.165, 1.54) is 35.5 Å². The van der Waals surface area contributed by atoms with Crippen molar-refractivity contribution in [3.63, 3.8) is 0 Å². The van der Waals surface area contributed by atoms with Gasteiger partial charge in [-0.1, -0.05) is 19.1 Å². The lowest BCUT2D eigenvalue weighted by atomic mass is 10.1. The van der Waals surface area contributed by atoms with Gasteiger partial charge in [-0.2, -0.15) is 0 Å². The topological polar surface area (TPSA) is 39.7 Å². The summed E-state index contributed by atoms with van der Waals surface area (Å²) in [5, 5.41) is 6.90. The Labute approximate surface area is 151 Å². The maximum atomic E-state index is 4.79. The highest BCUT2D eigenvalue weighted by Gasteiger charge is 2.20. The van der Waals surface area contributed by atoms with Crippen molar-refractivity contribution in [2.24, 2.45) is 10.9 Å². The van der Waals surface area contributed by atoms with Gasteiger partial charge in [0.05, 0.1) is 6.54 Å². The Hall–Kier alpha value is -1.20. The molecule has 2 N–H and O–H groups in total. The highest BCUT2D eigenvalue weighted by Crippen LogP contribution is 2.22. The fourth-order valence-corrected chi connectivity index (χ4v) is 3.79. The Morgan fingerprint density at radius 2 is 2.17 bits per heavy atom. The molecule has 1 aromatic rings. The van der Waals surface area contributed by atoms with Crippen LogP contribution in [0.25, 0.3) is 0 Å². The summed E-state index contributed by atoms with van der Waals surface area (Å²) in [6.07, 6.45) is 3.42. The highest BCUT2D eigenvalue weighted by atomic mass is 32.2. The molecule has 0 bridgehead atoms. The quantitative estimate of drug-likeness (QED) is 0.451. The summed E-state index contributed by atoms with van der Waals surface area (Å²) in [6.45, 7) is 12.7. The molecule has 5 heteroatoms. The number of nitrogens with zero attached hydrogens (tertiary/aromatic N) is 2. The monoisotopic (exact) mass is 348 g/mol. The summed E-state index contributed by atoms with van der Waals surface area (Å²) in [7, 11) is 0. The highest BCUT2D eigenvalue weighted by molar-refractivity contribution is 7.98. The van der Waals surface area contributed by atoms with Crippen LogP contribution in [-0.2, 0) is 6.54 Å². The number of aliphatic imine (C=N–C) groups is 1. The van der Waals surface area contributed by atoms with Gasteiger partial charge >= 0.3 is 0 Å². The molecular weight excluding hydrogens is 316 g/mol. The second kappa shape index (κ2) is 9.94. The molecule has 134 valence electrons. The molecule has 1 unspecified atom stereocenters. The number of nitrogens with one attached hydrogen (secondary N) is 2. The van der Waals surface area contributed by atoms with Gasteiger partial charge < -0.3 is 15.5 Å². The molecule has 4 nitrogen and oxygen atoms in total. The van der Waals surface area contributed by atoms with E-state index in [4.69, 9.17) is 4.99 Å². The Bertz CT molecular complexity index is 544. The smallest absolute Gasteiger partial charge is 0.191 e. The van der Waals surface area contributed by atoms with Crippen LogP contribution in [0, 0.1) is 12.8 Å². The van der Waals surface area contributed by atoms with Crippen molar-refractivity contribution in [2.75, 3.05) is 39.0 Å². The van der Waals surface area contributed by atoms with Crippen LogP contribution in [0.5, 0.6) is 0 Å². The minimum Gasteiger partial charge on any atom is -0.357 e. The van der Waals surface area contributed by atoms with E-state index in [-0.39, 0.29) is 0 Å². The lowest BCUT2D eigenvalue weighted by Gasteiger charge is -2.16. The van der Waals surface area contributed by atoms with Crippen molar-refractivity contribution in [3.05, 3.63) is 29.3 Å². The van der Waals surface area contributed by atoms with Crippen molar-refractivity contribution < 1.29 is 0 Å². The van der Waals surface area contributed by atoms with Crippen molar-refractivity contribution in [1.82, 2.24) is 15.5 Å². The third kappa shape index (κ3) is 5.71. The molecule has 1 atom stereocenters. The second-order valence-electron chi connectivity index (χ2n) is 6.44. The molecule has 0 aliphatic carbocycles. The van der Waals surface area contributed by atoms with E-state index >= 15 is 0 Å². The molecule has 24 heavy (non-hydrogen) atoms. The Balaban J connectivity index is 1.93. The first kappa shape index (κ1) is 19.1. The van der Waals surface area contributed by atoms with Crippen LogP contribution < -0.4 is 10.6 Å². The average Bonchev–Trinajstić information content (AvgIpc) is 3.06. The number of rotatable bonds is 7. The largest absolute Gasteiger partial charge is 0.357 e. The summed E-state index contributed by atoms with van der Waals surface area (Å²) >= 11 is 1.80. The molecule has 1 aliphatic heterocycles. The molecule has 1 aliphatic rings. The number of aryl methyl sites for hydroxylation is 1. The van der Waals surface area contributed by atoms with E-state index in [2.05, 4.69) is 60.8 Å². The van der Waals surface area contributed by atoms with Crippen molar-refractivity contribution in [3.8, 4) is 0 Å². The summed E-state index contributed by atoms with van der Waals surface area (Å²) in [5.41, 5.74) is 2.60. The molecule has 0 aromatic heterocycles. The molecule has 1 heterocycles. The number of guanidine groups is 1. The molecule has 2 rings (SSSR count). The van der Waals surface area contributed by atoms with Gasteiger partial charge in [-0.05, 0) is 62.7 Å². The minimum atomic E-state index is 0.720. The standard InChI is InChI=1S/C19H32N4S/c1-5-20-19(21-12-16-9-10-23(6-2)14-16)22-13-17-8-7-15(3)11-18(17)24-4/h7-8,11,16H,5-6,9-10,12-14H2,1-4H3,(H2,20,21,22). The van der Waals surface area contributed by atoms with Crippen molar-refractivity contribution in [2.45, 2.75) is 38.6 Å². The van der Waals surface area contributed by atoms with Crippen molar-refractivity contribution in [1.29, 1.82) is 0 Å². The second-order valence-corrected chi connectivity index (χ2v) is 7.29. The molecule has 0 amide bonds. The fourth-order valence-electron chi connectivity index (χ4n) is 3.10. The van der Waals surface area contributed by atoms with Crippen LogP contribution in [-0.4, -0.2) is 49.8 Å². The van der Waals surface area contributed by atoms with Crippen LogP contribution in [0.2, 0.25) is 0 Å². The molecular formula is C19H32N4S. The van der Waals surface area contributed by atoms with Crippen LogP contribution >= 0.6 is 11.8 Å². The Morgan fingerprint density at radius 3 is 2.83 bits per heavy atom. The zero-order valence-corrected chi connectivity index (χ0v) is 16.4. The van der Waals surface area contributed by atoms with E-state index in [0.717, 1.165) is 38.1 Å². The first-order chi connectivity index (χ1) is 11.7. The molecule has 0 spiro atoms. The zero-order valence-electron chi connectivity index (χ0n) is 15.6. The Kier molecular flexibility index (Phi) is 7.92. The molecule has 1 fully saturated rings. The maximum absolute atomic E-state index is 4.79. The van der Waals surface area contributed by atoms with E-state index in [9.17, 15) is 0 Å². The third-order valence-corrected chi connectivity index (χ3v) is 5.39. The van der Waals surface area contributed by atoms with Gasteiger partial charge in [-0.3, -0.25) is 0 Å². The van der Waals surface area contributed by atoms with E-state index < -0.39 is 0 Å². The van der Waals surface area contributed by atoms with Gasteiger partial charge in [0.2, 0.25) is 0 Å². The van der Waals surface area contributed by atoms with Crippen molar-refractivity contribution >= 4 is 17.7 Å². The molecule has 1 aromatic carbocycles. The maximum Gasteiger partial charge on any atom is 0.191 e. The summed E-state index contributed by atoms with van der Waals surface area (Å²) in [6, 6.07) is 6.61. The van der Waals surface area contributed by atoms with Crippen LogP contribution in [0.1, 0.15) is 31.4 Å². The summed E-state index contributed by atoms with van der Waals surface area (Å²) in [5.74, 6) is 1.66. The molecule has 1 saturated heterocycles. The number of likely N-dealkylation sites (tertiary alicyclic amines) is 1. The first-order valence-corrected chi connectivity index (χ1v) is 10.3. The zero-order chi connectivity index (χ0) is 17.4. The van der Waals surface area contributed by atoms with Gasteiger partial charge in [0.1, 0.15) is 0 Å². The fraction of sp³-hybridized carbons (Fsp3) is 0.632. The van der Waals surface area contributed by atoms with E-state index in [1.54, 1.807) is 11.8 Å². The number of hydrogen-bond acceptors (Lipinski definition) is 3.